The summed E-state index contributed by atoms with van der Waals surface area (Å²) in [6.45, 7) is 0.700. The van der Waals surface area contributed by atoms with Crippen molar-refractivity contribution in [1.82, 2.24) is 4.98 Å². The average Bonchev–Trinajstić information content (AvgIpc) is 2.41. The number of nitrogens with zero attached hydrogens (tertiary/aromatic N) is 1. The molecule has 0 saturated heterocycles. The smallest absolute Gasteiger partial charge is 0.238 e. The summed E-state index contributed by atoms with van der Waals surface area (Å²) in [5.74, 6) is 1.03. The van der Waals surface area contributed by atoms with Crippen molar-refractivity contribution >= 4 is 17.3 Å². The first-order valence-corrected chi connectivity index (χ1v) is 6.23. The van der Waals surface area contributed by atoms with Gasteiger partial charge in [0.25, 0.3) is 0 Å². The molecule has 0 fully saturated rings. The number of anilines is 1. The van der Waals surface area contributed by atoms with Crippen LogP contribution >= 0.6 is 11.6 Å². The van der Waals surface area contributed by atoms with Crippen LogP contribution in [0.15, 0.2) is 36.5 Å². The zero-order valence-corrected chi connectivity index (χ0v) is 11.4. The lowest BCUT2D eigenvalue weighted by Crippen LogP contribution is -1.95. The van der Waals surface area contributed by atoms with E-state index in [4.69, 9.17) is 26.8 Å². The molecule has 0 aliphatic carbocycles. The van der Waals surface area contributed by atoms with Crippen molar-refractivity contribution in [3.8, 4) is 11.6 Å². The number of benzene rings is 1. The van der Waals surface area contributed by atoms with Gasteiger partial charge in [-0.15, -0.1) is 0 Å². The van der Waals surface area contributed by atoms with E-state index in [1.165, 1.54) is 11.8 Å². The fourth-order valence-corrected chi connectivity index (χ4v) is 1.78. The minimum atomic E-state index is 0.348. The van der Waals surface area contributed by atoms with Crippen molar-refractivity contribution in [2.45, 2.75) is 6.42 Å². The van der Waals surface area contributed by atoms with Gasteiger partial charge in [0.05, 0.1) is 18.5 Å². The third-order valence-electron chi connectivity index (χ3n) is 2.56. The molecule has 4 nitrogen and oxygen atoms in total. The van der Waals surface area contributed by atoms with Crippen molar-refractivity contribution < 1.29 is 9.47 Å². The van der Waals surface area contributed by atoms with Gasteiger partial charge in [-0.05, 0) is 30.2 Å². The number of pyridine rings is 1. The number of methoxy groups -OCH3 is 1. The van der Waals surface area contributed by atoms with Gasteiger partial charge >= 0.3 is 0 Å². The topological polar surface area (TPSA) is 57.4 Å². The lowest BCUT2D eigenvalue weighted by molar-refractivity contribution is 0.202. The first kappa shape index (κ1) is 13.6. The highest BCUT2D eigenvalue weighted by molar-refractivity contribution is 6.32. The Hall–Kier alpha value is -1.78. The molecule has 0 aliphatic heterocycles. The lowest BCUT2D eigenvalue weighted by Gasteiger charge is -2.07. The van der Waals surface area contributed by atoms with Crippen LogP contribution in [-0.4, -0.2) is 18.7 Å². The van der Waals surface area contributed by atoms with Gasteiger partial charge in [0.2, 0.25) is 5.88 Å². The van der Waals surface area contributed by atoms with E-state index in [0.717, 1.165) is 6.42 Å². The number of rotatable bonds is 5. The number of halogens is 1. The van der Waals surface area contributed by atoms with E-state index in [0.29, 0.717) is 28.9 Å². The second-order valence-electron chi connectivity index (χ2n) is 4.04. The minimum absolute atomic E-state index is 0.348. The highest BCUT2D eigenvalue weighted by Gasteiger charge is 2.05. The van der Waals surface area contributed by atoms with E-state index in [-0.39, 0.29) is 0 Å². The molecule has 2 rings (SSSR count). The molecule has 0 bridgehead atoms. The van der Waals surface area contributed by atoms with Crippen LogP contribution in [-0.2, 0) is 11.2 Å². The van der Waals surface area contributed by atoms with Gasteiger partial charge in [-0.25, -0.2) is 4.98 Å². The Morgan fingerprint density at radius 3 is 2.63 bits per heavy atom. The molecule has 0 radical (unpaired) electrons. The van der Waals surface area contributed by atoms with Crippen LogP contribution in [0.2, 0.25) is 5.02 Å². The van der Waals surface area contributed by atoms with Gasteiger partial charge in [0.1, 0.15) is 10.8 Å². The summed E-state index contributed by atoms with van der Waals surface area (Å²) < 4.78 is 10.6. The molecule has 2 N–H and O–H groups in total. The summed E-state index contributed by atoms with van der Waals surface area (Å²) in [5, 5.41) is 0.392. The molecule has 100 valence electrons. The molecule has 1 aromatic heterocycles. The van der Waals surface area contributed by atoms with Gasteiger partial charge in [-0.1, -0.05) is 23.7 Å². The third kappa shape index (κ3) is 3.84. The predicted molar refractivity (Wildman–Crippen MR) is 75.8 cm³/mol. The van der Waals surface area contributed by atoms with Gasteiger partial charge in [0.15, 0.2) is 0 Å². The van der Waals surface area contributed by atoms with E-state index in [1.54, 1.807) is 13.2 Å². The number of aromatic nitrogens is 1. The molecule has 0 saturated carbocycles. The molecule has 0 amide bonds. The standard InChI is InChI=1S/C14H15ClN2O2/c1-18-7-6-10-2-4-12(5-3-10)19-14-13(15)8-11(16)9-17-14/h2-5,8-9H,6-7,16H2,1H3. The molecule has 19 heavy (non-hydrogen) atoms. The fraction of sp³-hybridized carbons (Fsp3) is 0.214. The van der Waals surface area contributed by atoms with Crippen LogP contribution in [0.5, 0.6) is 11.6 Å². The van der Waals surface area contributed by atoms with Gasteiger partial charge < -0.3 is 15.2 Å². The molecular formula is C14H15ClN2O2. The van der Waals surface area contributed by atoms with E-state index in [9.17, 15) is 0 Å². The monoisotopic (exact) mass is 278 g/mol. The predicted octanol–water partition coefficient (Wildman–Crippen LogP) is 3.30. The summed E-state index contributed by atoms with van der Waals surface area (Å²) in [6.07, 6.45) is 2.38. The van der Waals surface area contributed by atoms with Crippen LogP contribution in [0, 0.1) is 0 Å². The van der Waals surface area contributed by atoms with Crippen molar-refractivity contribution in [3.05, 3.63) is 47.1 Å². The summed E-state index contributed by atoms with van der Waals surface area (Å²) >= 11 is 6.00. The van der Waals surface area contributed by atoms with Crippen LogP contribution < -0.4 is 10.5 Å². The number of hydrogen-bond acceptors (Lipinski definition) is 4. The zero-order valence-electron chi connectivity index (χ0n) is 10.6. The molecule has 1 aromatic carbocycles. The maximum absolute atomic E-state index is 6.00. The van der Waals surface area contributed by atoms with Crippen molar-refractivity contribution in [3.63, 3.8) is 0 Å². The van der Waals surface area contributed by atoms with E-state index in [1.807, 2.05) is 24.3 Å². The Morgan fingerprint density at radius 2 is 2.00 bits per heavy atom. The second kappa shape index (κ2) is 6.41. The summed E-state index contributed by atoms with van der Waals surface area (Å²) in [4.78, 5) is 4.05. The fourth-order valence-electron chi connectivity index (χ4n) is 1.57. The maximum atomic E-state index is 6.00. The first-order valence-electron chi connectivity index (χ1n) is 5.86. The van der Waals surface area contributed by atoms with E-state index in [2.05, 4.69) is 4.98 Å². The minimum Gasteiger partial charge on any atom is -0.438 e. The molecule has 1 heterocycles. The number of nitrogens with two attached hydrogens (primary N) is 1. The Morgan fingerprint density at radius 1 is 1.26 bits per heavy atom. The Balaban J connectivity index is 2.06. The molecule has 2 aromatic rings. The maximum Gasteiger partial charge on any atom is 0.238 e. The Bertz CT molecular complexity index is 544. The SMILES string of the molecule is COCCc1ccc(Oc2ncc(N)cc2Cl)cc1. The highest BCUT2D eigenvalue weighted by Crippen LogP contribution is 2.28. The highest BCUT2D eigenvalue weighted by atomic mass is 35.5. The van der Waals surface area contributed by atoms with Crippen molar-refractivity contribution in [2.24, 2.45) is 0 Å². The van der Waals surface area contributed by atoms with Gasteiger partial charge in [-0.3, -0.25) is 0 Å². The summed E-state index contributed by atoms with van der Waals surface area (Å²) in [5.41, 5.74) is 7.27. The van der Waals surface area contributed by atoms with E-state index >= 15 is 0 Å². The summed E-state index contributed by atoms with van der Waals surface area (Å²) in [6, 6.07) is 9.33. The summed E-state index contributed by atoms with van der Waals surface area (Å²) in [7, 11) is 1.69. The lowest BCUT2D eigenvalue weighted by atomic mass is 10.1. The van der Waals surface area contributed by atoms with Crippen molar-refractivity contribution in [2.75, 3.05) is 19.5 Å². The Kier molecular flexibility index (Phi) is 4.60. The molecule has 0 unspecified atom stereocenters. The van der Waals surface area contributed by atoms with E-state index < -0.39 is 0 Å². The quantitative estimate of drug-likeness (QED) is 0.912. The van der Waals surface area contributed by atoms with Crippen LogP contribution in [0.25, 0.3) is 0 Å². The third-order valence-corrected chi connectivity index (χ3v) is 2.83. The number of nitrogen functional groups attached to an aromatic ring is 1. The Labute approximate surface area is 117 Å². The number of hydrogen-bond donors (Lipinski definition) is 1. The largest absolute Gasteiger partial charge is 0.438 e. The van der Waals surface area contributed by atoms with Crippen LogP contribution in [0.1, 0.15) is 5.56 Å². The van der Waals surface area contributed by atoms with Crippen LogP contribution in [0.3, 0.4) is 0 Å². The van der Waals surface area contributed by atoms with Crippen LogP contribution in [0.4, 0.5) is 5.69 Å². The first-order chi connectivity index (χ1) is 9.19. The molecule has 0 spiro atoms. The molecule has 0 aliphatic rings. The van der Waals surface area contributed by atoms with Gasteiger partial charge in [0, 0.05) is 7.11 Å². The molecule has 5 heteroatoms. The van der Waals surface area contributed by atoms with Gasteiger partial charge in [-0.2, -0.15) is 0 Å². The zero-order chi connectivity index (χ0) is 13.7. The normalized spacial score (nSPS) is 10.4. The molecular weight excluding hydrogens is 264 g/mol. The van der Waals surface area contributed by atoms with Crippen molar-refractivity contribution in [1.29, 1.82) is 0 Å². The second-order valence-corrected chi connectivity index (χ2v) is 4.45. The molecule has 0 atom stereocenters. The average molecular weight is 279 g/mol. The number of ether oxygens (including phenoxy) is 2.